The molecule has 0 aromatic heterocycles. The van der Waals surface area contributed by atoms with Crippen molar-refractivity contribution in [3.05, 3.63) is 40.3 Å². The van der Waals surface area contributed by atoms with E-state index < -0.39 is 24.5 Å². The molecule has 0 bridgehead atoms. The molecule has 5 nitrogen and oxygen atoms in total. The second-order valence-corrected chi connectivity index (χ2v) is 6.36. The lowest BCUT2D eigenvalue weighted by Gasteiger charge is -2.20. The number of hydrogen-bond donors (Lipinski definition) is 2. The van der Waals surface area contributed by atoms with Crippen LogP contribution in [0.5, 0.6) is 0 Å². The number of aryl methyl sites for hydroxylation is 1. The highest BCUT2D eigenvalue weighted by Crippen LogP contribution is 2.34. The van der Waals surface area contributed by atoms with Gasteiger partial charge in [-0.3, -0.25) is 9.69 Å². The Morgan fingerprint density at radius 2 is 2.05 bits per heavy atom. The Morgan fingerprint density at radius 3 is 2.55 bits per heavy atom. The monoisotopic (exact) mass is 337 g/mol. The highest BCUT2D eigenvalue weighted by Gasteiger charge is 2.40. The lowest BCUT2D eigenvalue weighted by Crippen LogP contribution is -2.46. The summed E-state index contributed by atoms with van der Waals surface area (Å²) in [5.74, 6) is -1.77. The quantitative estimate of drug-likeness (QED) is 0.631. The summed E-state index contributed by atoms with van der Waals surface area (Å²) in [6.45, 7) is 1.38. The number of rotatable bonds is 5. The van der Waals surface area contributed by atoms with Gasteiger partial charge in [0, 0.05) is 0 Å². The molecule has 22 heavy (non-hydrogen) atoms. The van der Waals surface area contributed by atoms with Crippen LogP contribution >= 0.6 is 24.0 Å². The molecule has 1 aliphatic rings. The predicted octanol–water partition coefficient (Wildman–Crippen LogP) is 1.90. The van der Waals surface area contributed by atoms with Crippen LogP contribution in [0, 0.1) is 0 Å². The minimum atomic E-state index is -1.35. The van der Waals surface area contributed by atoms with Crippen LogP contribution in [0.2, 0.25) is 0 Å². The summed E-state index contributed by atoms with van der Waals surface area (Å²) < 4.78 is 0.142. The molecule has 116 valence electrons. The minimum absolute atomic E-state index is 0.142. The lowest BCUT2D eigenvalue weighted by atomic mass is 10.1. The van der Waals surface area contributed by atoms with Crippen LogP contribution < -0.4 is 0 Å². The summed E-state index contributed by atoms with van der Waals surface area (Å²) in [6.07, 6.45) is 2.61. The molecule has 0 aliphatic carbocycles. The van der Waals surface area contributed by atoms with Gasteiger partial charge in [0.1, 0.15) is 4.32 Å². The number of thiocarbonyl (C=S) groups is 1. The number of aliphatic hydroxyl groups excluding tert-OH is 1. The normalized spacial score (nSPS) is 18.1. The van der Waals surface area contributed by atoms with E-state index in [4.69, 9.17) is 22.4 Å². The van der Waals surface area contributed by atoms with Gasteiger partial charge >= 0.3 is 5.97 Å². The molecule has 1 amide bonds. The van der Waals surface area contributed by atoms with Crippen LogP contribution in [0.1, 0.15) is 18.1 Å². The van der Waals surface area contributed by atoms with Crippen molar-refractivity contribution in [2.75, 3.05) is 6.61 Å². The third-order valence-corrected chi connectivity index (χ3v) is 4.61. The molecular formula is C15H15NO4S2. The van der Waals surface area contributed by atoms with Gasteiger partial charge in [0.15, 0.2) is 6.04 Å². The number of carbonyl (C=O) groups excluding carboxylic acids is 1. The minimum Gasteiger partial charge on any atom is -0.480 e. The van der Waals surface area contributed by atoms with Gasteiger partial charge in [-0.1, -0.05) is 55.2 Å². The van der Waals surface area contributed by atoms with E-state index in [-0.39, 0.29) is 4.32 Å². The van der Waals surface area contributed by atoms with Crippen LogP contribution in [-0.2, 0) is 16.0 Å². The fourth-order valence-corrected chi connectivity index (χ4v) is 3.38. The van der Waals surface area contributed by atoms with Gasteiger partial charge in [0.2, 0.25) is 0 Å². The predicted molar refractivity (Wildman–Crippen MR) is 89.3 cm³/mol. The Labute approximate surface area is 137 Å². The summed E-state index contributed by atoms with van der Waals surface area (Å²) in [6, 6.07) is 6.39. The molecule has 1 heterocycles. The largest absolute Gasteiger partial charge is 0.480 e. The highest BCUT2D eigenvalue weighted by molar-refractivity contribution is 8.26. The first-order valence-electron chi connectivity index (χ1n) is 6.67. The second-order valence-electron chi connectivity index (χ2n) is 4.68. The highest BCUT2D eigenvalue weighted by atomic mass is 32.2. The number of nitrogens with zero attached hydrogens (tertiary/aromatic N) is 1. The molecule has 1 aromatic carbocycles. The van der Waals surface area contributed by atoms with E-state index in [2.05, 4.69) is 6.92 Å². The Hall–Kier alpha value is -1.70. The number of carbonyl (C=O) groups is 2. The van der Waals surface area contributed by atoms with Crippen LogP contribution in [0.4, 0.5) is 0 Å². The van der Waals surface area contributed by atoms with Gasteiger partial charge in [0.25, 0.3) is 5.91 Å². The first kappa shape index (κ1) is 16.7. The maximum Gasteiger partial charge on any atom is 0.329 e. The summed E-state index contributed by atoms with van der Waals surface area (Å²) >= 11 is 6.11. The van der Waals surface area contributed by atoms with Crippen LogP contribution in [-0.4, -0.2) is 44.0 Å². The zero-order valence-corrected chi connectivity index (χ0v) is 13.5. The van der Waals surface area contributed by atoms with Gasteiger partial charge in [-0.05, 0) is 23.6 Å². The number of hydrogen-bond acceptors (Lipinski definition) is 5. The van der Waals surface area contributed by atoms with E-state index >= 15 is 0 Å². The van der Waals surface area contributed by atoms with Gasteiger partial charge in [-0.2, -0.15) is 0 Å². The van der Waals surface area contributed by atoms with Crippen molar-refractivity contribution in [3.63, 3.8) is 0 Å². The maximum atomic E-state index is 12.3. The first-order valence-corrected chi connectivity index (χ1v) is 7.90. The average molecular weight is 337 g/mol. The molecule has 1 aromatic rings. The maximum absolute atomic E-state index is 12.3. The van der Waals surface area contributed by atoms with E-state index in [1.165, 1.54) is 5.56 Å². The molecule has 1 atom stereocenters. The van der Waals surface area contributed by atoms with E-state index in [0.717, 1.165) is 28.6 Å². The van der Waals surface area contributed by atoms with E-state index in [1.54, 1.807) is 6.08 Å². The number of amides is 1. The summed E-state index contributed by atoms with van der Waals surface area (Å²) in [5.41, 5.74) is 2.03. The smallest absolute Gasteiger partial charge is 0.329 e. The number of aliphatic hydroxyl groups is 1. The molecule has 7 heteroatoms. The summed E-state index contributed by atoms with van der Waals surface area (Å²) in [5, 5.41) is 18.2. The fourth-order valence-electron chi connectivity index (χ4n) is 2.02. The second kappa shape index (κ2) is 7.04. The van der Waals surface area contributed by atoms with Crippen molar-refractivity contribution in [1.82, 2.24) is 4.90 Å². The standard InChI is InChI=1S/C15H15NO4S2/c1-2-9-3-5-10(6-4-9)7-12-13(18)16(15(21)22-12)11(8-17)14(19)20/h3-7,11,17H,2,8H2,1H3,(H,19,20)/b12-7-/t11-/m1/s1. The van der Waals surface area contributed by atoms with Crippen molar-refractivity contribution in [2.45, 2.75) is 19.4 Å². The van der Waals surface area contributed by atoms with Crippen molar-refractivity contribution < 1.29 is 19.8 Å². The van der Waals surface area contributed by atoms with Crippen LogP contribution in [0.3, 0.4) is 0 Å². The lowest BCUT2D eigenvalue weighted by molar-refractivity contribution is -0.146. The van der Waals surface area contributed by atoms with Gasteiger partial charge < -0.3 is 10.2 Å². The van der Waals surface area contributed by atoms with Gasteiger partial charge in [-0.25, -0.2) is 4.79 Å². The van der Waals surface area contributed by atoms with E-state index in [1.807, 2.05) is 24.3 Å². The van der Waals surface area contributed by atoms with Crippen LogP contribution in [0.15, 0.2) is 29.2 Å². The first-order chi connectivity index (χ1) is 10.5. The zero-order valence-electron chi connectivity index (χ0n) is 11.9. The molecule has 1 aliphatic heterocycles. The number of aliphatic carboxylic acids is 1. The van der Waals surface area contributed by atoms with Gasteiger partial charge in [-0.15, -0.1) is 0 Å². The molecule has 2 rings (SSSR count). The number of carboxylic acid groups (broad SMARTS) is 1. The summed E-state index contributed by atoms with van der Waals surface area (Å²) in [7, 11) is 0. The molecule has 0 radical (unpaired) electrons. The van der Waals surface area contributed by atoms with Crippen molar-refractivity contribution >= 4 is 46.3 Å². The topological polar surface area (TPSA) is 77.8 Å². The van der Waals surface area contributed by atoms with E-state index in [0.29, 0.717) is 4.91 Å². The van der Waals surface area contributed by atoms with Crippen LogP contribution in [0.25, 0.3) is 6.08 Å². The Balaban J connectivity index is 2.26. The van der Waals surface area contributed by atoms with Crippen molar-refractivity contribution in [1.29, 1.82) is 0 Å². The van der Waals surface area contributed by atoms with Gasteiger partial charge in [0.05, 0.1) is 11.5 Å². The SMILES string of the molecule is CCc1ccc(/C=C2\SC(=S)N([C@H](CO)C(=O)O)C2=O)cc1. The fraction of sp³-hybridized carbons (Fsp3) is 0.267. The van der Waals surface area contributed by atoms with Crippen molar-refractivity contribution in [3.8, 4) is 0 Å². The number of carboxylic acids is 1. The molecule has 0 unspecified atom stereocenters. The molecular weight excluding hydrogens is 322 g/mol. The van der Waals surface area contributed by atoms with Crippen molar-refractivity contribution in [2.24, 2.45) is 0 Å². The molecule has 1 fully saturated rings. The molecule has 1 saturated heterocycles. The number of thioether (sulfide) groups is 1. The zero-order chi connectivity index (χ0) is 16.3. The number of benzene rings is 1. The third kappa shape index (κ3) is 3.37. The molecule has 2 N–H and O–H groups in total. The Kier molecular flexibility index (Phi) is 5.33. The summed E-state index contributed by atoms with van der Waals surface area (Å²) in [4.78, 5) is 24.7. The Morgan fingerprint density at radius 1 is 1.41 bits per heavy atom. The third-order valence-electron chi connectivity index (χ3n) is 3.28. The molecule has 0 spiro atoms. The Bertz CT molecular complexity index is 639. The molecule has 0 saturated carbocycles. The van der Waals surface area contributed by atoms with E-state index in [9.17, 15) is 9.59 Å². The average Bonchev–Trinajstić information content (AvgIpc) is 2.76.